The Balaban J connectivity index is 1.87. The lowest BCUT2D eigenvalue weighted by Crippen LogP contribution is -2.45. The van der Waals surface area contributed by atoms with E-state index in [9.17, 15) is 0 Å². The number of nitrogens with zero attached hydrogens (tertiary/aromatic N) is 3. The van der Waals surface area contributed by atoms with Gasteiger partial charge in [0.25, 0.3) is 0 Å². The van der Waals surface area contributed by atoms with E-state index in [1.807, 2.05) is 6.07 Å². The third-order valence-electron chi connectivity index (χ3n) is 3.14. The highest BCUT2D eigenvalue weighted by molar-refractivity contribution is 5.33. The molecule has 1 N–H and O–H groups in total. The number of piperidine rings is 1. The van der Waals surface area contributed by atoms with Crippen LogP contribution in [0.15, 0.2) is 18.6 Å². The van der Waals surface area contributed by atoms with Crippen LogP contribution in [0.3, 0.4) is 0 Å². The molecule has 2 heterocycles. The molecule has 100 valence electrons. The lowest BCUT2D eigenvalue weighted by molar-refractivity contribution is 0.156. The lowest BCUT2D eigenvalue weighted by atomic mass is 9.94. The quantitative estimate of drug-likeness (QED) is 0.892. The molecular weight excluding hydrogens is 224 g/mol. The molecule has 0 radical (unpaired) electrons. The van der Waals surface area contributed by atoms with Gasteiger partial charge in [0.05, 0.1) is 0 Å². The number of nitrogens with one attached hydrogen (secondary N) is 1. The molecule has 1 aliphatic heterocycles. The van der Waals surface area contributed by atoms with E-state index >= 15 is 0 Å². The molecule has 0 aromatic carbocycles. The summed E-state index contributed by atoms with van der Waals surface area (Å²) in [6.45, 7) is 10.4. The summed E-state index contributed by atoms with van der Waals surface area (Å²) < 4.78 is 0. The first-order valence-electron chi connectivity index (χ1n) is 6.78. The van der Waals surface area contributed by atoms with E-state index in [1.165, 1.54) is 19.4 Å². The maximum absolute atomic E-state index is 4.23. The van der Waals surface area contributed by atoms with Crippen LogP contribution >= 0.6 is 0 Å². The van der Waals surface area contributed by atoms with Crippen molar-refractivity contribution in [3.8, 4) is 0 Å². The second-order valence-corrected chi connectivity index (χ2v) is 6.37. The van der Waals surface area contributed by atoms with E-state index < -0.39 is 0 Å². The van der Waals surface area contributed by atoms with E-state index in [4.69, 9.17) is 0 Å². The largest absolute Gasteiger partial charge is 0.366 e. The van der Waals surface area contributed by atoms with Gasteiger partial charge in [0.2, 0.25) is 0 Å². The SMILES string of the molecule is CC(C)(C)CN1CCCC(Nc2ccncn2)C1. The summed E-state index contributed by atoms with van der Waals surface area (Å²) in [5.41, 5.74) is 0.372. The molecule has 0 saturated carbocycles. The third-order valence-corrected chi connectivity index (χ3v) is 3.14. The predicted octanol–water partition coefficient (Wildman–Crippen LogP) is 2.40. The Bertz CT molecular complexity index is 358. The molecule has 1 unspecified atom stereocenters. The Kier molecular flexibility index (Phi) is 4.17. The van der Waals surface area contributed by atoms with E-state index in [-0.39, 0.29) is 0 Å². The van der Waals surface area contributed by atoms with Gasteiger partial charge >= 0.3 is 0 Å². The van der Waals surface area contributed by atoms with Crippen LogP contribution in [0, 0.1) is 5.41 Å². The Morgan fingerprint density at radius 2 is 2.28 bits per heavy atom. The molecular formula is C14H24N4. The molecule has 1 aliphatic rings. The van der Waals surface area contributed by atoms with Gasteiger partial charge in [-0.3, -0.25) is 0 Å². The van der Waals surface area contributed by atoms with Crippen molar-refractivity contribution >= 4 is 5.82 Å². The van der Waals surface area contributed by atoms with Gasteiger partial charge in [-0.2, -0.15) is 0 Å². The van der Waals surface area contributed by atoms with E-state index in [0.29, 0.717) is 11.5 Å². The summed E-state index contributed by atoms with van der Waals surface area (Å²) in [6, 6.07) is 2.44. The average Bonchev–Trinajstić information content (AvgIpc) is 2.28. The van der Waals surface area contributed by atoms with Crippen LogP contribution in [0.1, 0.15) is 33.6 Å². The van der Waals surface area contributed by atoms with Gasteiger partial charge in [0.15, 0.2) is 0 Å². The normalized spacial score (nSPS) is 21.8. The Hall–Kier alpha value is -1.16. The molecule has 0 bridgehead atoms. The molecule has 4 heteroatoms. The molecule has 1 aromatic heterocycles. The monoisotopic (exact) mass is 248 g/mol. The van der Waals surface area contributed by atoms with Crippen molar-refractivity contribution in [3.63, 3.8) is 0 Å². The van der Waals surface area contributed by atoms with Crippen molar-refractivity contribution in [1.29, 1.82) is 0 Å². The molecule has 0 aliphatic carbocycles. The van der Waals surface area contributed by atoms with Gasteiger partial charge in [0, 0.05) is 25.3 Å². The van der Waals surface area contributed by atoms with Crippen molar-refractivity contribution < 1.29 is 0 Å². The van der Waals surface area contributed by atoms with Crippen LogP contribution in [0.2, 0.25) is 0 Å². The Labute approximate surface area is 110 Å². The molecule has 1 atom stereocenters. The molecule has 1 aromatic rings. The minimum atomic E-state index is 0.372. The highest BCUT2D eigenvalue weighted by atomic mass is 15.2. The summed E-state index contributed by atoms with van der Waals surface area (Å²) >= 11 is 0. The summed E-state index contributed by atoms with van der Waals surface area (Å²) in [4.78, 5) is 10.7. The number of rotatable bonds is 3. The fourth-order valence-corrected chi connectivity index (χ4v) is 2.57. The molecule has 1 saturated heterocycles. The van der Waals surface area contributed by atoms with E-state index in [1.54, 1.807) is 12.5 Å². The topological polar surface area (TPSA) is 41.0 Å². The third kappa shape index (κ3) is 4.26. The average molecular weight is 248 g/mol. The van der Waals surface area contributed by atoms with Gasteiger partial charge in [0.1, 0.15) is 12.1 Å². The van der Waals surface area contributed by atoms with Crippen LogP contribution in [0.25, 0.3) is 0 Å². The lowest BCUT2D eigenvalue weighted by Gasteiger charge is -2.37. The first kappa shape index (κ1) is 13.3. The zero-order valence-corrected chi connectivity index (χ0v) is 11.7. The zero-order chi connectivity index (χ0) is 13.0. The summed E-state index contributed by atoms with van der Waals surface area (Å²) in [7, 11) is 0. The van der Waals surface area contributed by atoms with Gasteiger partial charge < -0.3 is 10.2 Å². The number of hydrogen-bond acceptors (Lipinski definition) is 4. The van der Waals surface area contributed by atoms with E-state index in [2.05, 4.69) is 41.0 Å². The van der Waals surface area contributed by atoms with Crippen LogP contribution in [0.4, 0.5) is 5.82 Å². The minimum absolute atomic E-state index is 0.372. The first-order valence-corrected chi connectivity index (χ1v) is 6.78. The molecule has 4 nitrogen and oxygen atoms in total. The maximum Gasteiger partial charge on any atom is 0.129 e. The van der Waals surface area contributed by atoms with Crippen LogP contribution in [-0.2, 0) is 0 Å². The van der Waals surface area contributed by atoms with Crippen LogP contribution in [-0.4, -0.2) is 40.5 Å². The number of aromatic nitrogens is 2. The number of likely N-dealkylation sites (tertiary alicyclic amines) is 1. The minimum Gasteiger partial charge on any atom is -0.366 e. The zero-order valence-electron chi connectivity index (χ0n) is 11.7. The highest BCUT2D eigenvalue weighted by Gasteiger charge is 2.23. The standard InChI is InChI=1S/C14H24N4/c1-14(2,3)10-18-8-4-5-12(9-18)17-13-6-7-15-11-16-13/h6-7,11-12H,4-5,8-10H2,1-3H3,(H,15,16,17). The van der Waals surface area contributed by atoms with E-state index in [0.717, 1.165) is 18.9 Å². The fourth-order valence-electron chi connectivity index (χ4n) is 2.57. The fraction of sp³-hybridized carbons (Fsp3) is 0.714. The Morgan fingerprint density at radius 1 is 1.44 bits per heavy atom. The summed E-state index contributed by atoms with van der Waals surface area (Å²) in [6.07, 6.45) is 5.87. The molecule has 18 heavy (non-hydrogen) atoms. The van der Waals surface area contributed by atoms with Crippen molar-refractivity contribution in [2.45, 2.75) is 39.7 Å². The smallest absolute Gasteiger partial charge is 0.129 e. The molecule has 1 fully saturated rings. The van der Waals surface area contributed by atoms with Gasteiger partial charge in [-0.05, 0) is 30.9 Å². The molecule has 2 rings (SSSR count). The molecule has 0 amide bonds. The predicted molar refractivity (Wildman–Crippen MR) is 74.6 cm³/mol. The van der Waals surface area contributed by atoms with Gasteiger partial charge in [-0.25, -0.2) is 9.97 Å². The van der Waals surface area contributed by atoms with Crippen LogP contribution < -0.4 is 5.32 Å². The number of hydrogen-bond donors (Lipinski definition) is 1. The second-order valence-electron chi connectivity index (χ2n) is 6.37. The summed E-state index contributed by atoms with van der Waals surface area (Å²) in [5, 5.41) is 3.50. The van der Waals surface area contributed by atoms with Gasteiger partial charge in [-0.1, -0.05) is 20.8 Å². The number of anilines is 1. The van der Waals surface area contributed by atoms with Crippen molar-refractivity contribution in [2.24, 2.45) is 5.41 Å². The second kappa shape index (κ2) is 5.65. The highest BCUT2D eigenvalue weighted by Crippen LogP contribution is 2.20. The Morgan fingerprint density at radius 3 is 2.94 bits per heavy atom. The first-order chi connectivity index (χ1) is 8.53. The summed E-state index contributed by atoms with van der Waals surface area (Å²) in [5.74, 6) is 0.938. The van der Waals surface area contributed by atoms with Crippen LogP contribution in [0.5, 0.6) is 0 Å². The molecule has 0 spiro atoms. The van der Waals surface area contributed by atoms with Crippen molar-refractivity contribution in [3.05, 3.63) is 18.6 Å². The van der Waals surface area contributed by atoms with Crippen molar-refractivity contribution in [1.82, 2.24) is 14.9 Å². The maximum atomic E-state index is 4.23. The van der Waals surface area contributed by atoms with Crippen molar-refractivity contribution in [2.75, 3.05) is 25.0 Å². The van der Waals surface area contributed by atoms with Gasteiger partial charge in [-0.15, -0.1) is 0 Å².